The molecule has 0 aliphatic carbocycles. The van der Waals surface area contributed by atoms with Gasteiger partial charge >= 0.3 is 0 Å². The first-order chi connectivity index (χ1) is 12.1. The minimum Gasteiger partial charge on any atom is -0.336 e. The fourth-order valence-corrected chi connectivity index (χ4v) is 3.17. The highest BCUT2D eigenvalue weighted by Gasteiger charge is 2.20. The lowest BCUT2D eigenvalue weighted by atomic mass is 10.1. The summed E-state index contributed by atoms with van der Waals surface area (Å²) in [6, 6.07) is 9.20. The Morgan fingerprint density at radius 3 is 2.52 bits per heavy atom. The molecule has 4 rings (SSSR count). The van der Waals surface area contributed by atoms with Crippen LogP contribution in [0.2, 0.25) is 5.02 Å². The molecular weight excluding hydrogens is 338 g/mol. The predicted octanol–water partition coefficient (Wildman–Crippen LogP) is 2.67. The Morgan fingerprint density at radius 1 is 1.12 bits per heavy atom. The van der Waals surface area contributed by atoms with Crippen LogP contribution in [0.5, 0.6) is 0 Å². The summed E-state index contributed by atoms with van der Waals surface area (Å²) in [5, 5.41) is 0.564. The number of H-pyrrole nitrogens is 1. The lowest BCUT2D eigenvalue weighted by Crippen LogP contribution is -2.47. The van der Waals surface area contributed by atoms with Crippen LogP contribution in [0.4, 0.5) is 0 Å². The van der Waals surface area contributed by atoms with Gasteiger partial charge in [-0.05, 0) is 25.2 Å². The molecule has 2 aromatic heterocycles. The number of aromatic amines is 1. The Balaban J connectivity index is 1.57. The second-order valence-corrected chi connectivity index (χ2v) is 6.66. The molecule has 1 aliphatic heterocycles. The normalized spacial score (nSPS) is 15.7. The highest BCUT2D eigenvalue weighted by molar-refractivity contribution is 6.34. The standard InChI is InChI=1S/C18H18ClN5O/c1-23-8-10-24(11-9-23)18(25)13-4-2-12(3-5-13)16-21-15-14(19)6-7-20-17(15)22-16/h2-7H,8-11H2,1H3,(H,20,21,22). The number of halogens is 1. The van der Waals surface area contributed by atoms with Crippen LogP contribution in [0.1, 0.15) is 10.4 Å². The van der Waals surface area contributed by atoms with Crippen molar-refractivity contribution in [3.8, 4) is 11.4 Å². The minimum absolute atomic E-state index is 0.0777. The Labute approximate surface area is 150 Å². The van der Waals surface area contributed by atoms with E-state index in [4.69, 9.17) is 11.6 Å². The molecule has 1 aliphatic rings. The van der Waals surface area contributed by atoms with Gasteiger partial charge in [-0.1, -0.05) is 23.7 Å². The molecule has 3 aromatic rings. The molecule has 6 nitrogen and oxygen atoms in total. The first-order valence-electron chi connectivity index (χ1n) is 8.20. The van der Waals surface area contributed by atoms with Crippen molar-refractivity contribution in [2.24, 2.45) is 0 Å². The second-order valence-electron chi connectivity index (χ2n) is 6.25. The topological polar surface area (TPSA) is 65.1 Å². The van der Waals surface area contributed by atoms with Gasteiger partial charge in [0.2, 0.25) is 0 Å². The van der Waals surface area contributed by atoms with Crippen molar-refractivity contribution in [3.05, 3.63) is 47.1 Å². The van der Waals surface area contributed by atoms with Crippen molar-refractivity contribution in [1.29, 1.82) is 0 Å². The summed E-state index contributed by atoms with van der Waals surface area (Å²) < 4.78 is 0. The molecule has 0 unspecified atom stereocenters. The molecule has 0 saturated carbocycles. The van der Waals surface area contributed by atoms with Gasteiger partial charge in [-0.15, -0.1) is 0 Å². The average molecular weight is 356 g/mol. The summed E-state index contributed by atoms with van der Waals surface area (Å²) in [6.07, 6.45) is 1.64. The fourth-order valence-electron chi connectivity index (χ4n) is 2.98. The smallest absolute Gasteiger partial charge is 0.253 e. The molecule has 1 saturated heterocycles. The number of hydrogen-bond donors (Lipinski definition) is 1. The van der Waals surface area contributed by atoms with Gasteiger partial charge in [0.25, 0.3) is 5.91 Å². The molecule has 0 bridgehead atoms. The minimum atomic E-state index is 0.0777. The van der Waals surface area contributed by atoms with E-state index >= 15 is 0 Å². The molecule has 1 aromatic carbocycles. The van der Waals surface area contributed by atoms with E-state index in [1.165, 1.54) is 0 Å². The molecule has 0 spiro atoms. The Kier molecular flexibility index (Phi) is 4.15. The van der Waals surface area contributed by atoms with E-state index in [1.54, 1.807) is 12.3 Å². The lowest BCUT2D eigenvalue weighted by molar-refractivity contribution is 0.0664. The molecule has 0 atom stereocenters. The van der Waals surface area contributed by atoms with Crippen LogP contribution >= 0.6 is 11.6 Å². The number of piperazine rings is 1. The summed E-state index contributed by atoms with van der Waals surface area (Å²) >= 11 is 6.14. The second kappa shape index (κ2) is 6.46. The number of imidazole rings is 1. The van der Waals surface area contributed by atoms with E-state index in [0.717, 1.165) is 31.7 Å². The van der Waals surface area contributed by atoms with Crippen LogP contribution in [0.3, 0.4) is 0 Å². The third-order valence-electron chi connectivity index (χ3n) is 4.53. The molecule has 1 amide bonds. The van der Waals surface area contributed by atoms with Crippen molar-refractivity contribution in [2.45, 2.75) is 0 Å². The molecule has 1 fully saturated rings. The van der Waals surface area contributed by atoms with Gasteiger partial charge in [0.1, 0.15) is 11.3 Å². The zero-order valence-electron chi connectivity index (χ0n) is 13.9. The van der Waals surface area contributed by atoms with E-state index in [1.807, 2.05) is 29.2 Å². The summed E-state index contributed by atoms with van der Waals surface area (Å²) in [5.74, 6) is 0.767. The van der Waals surface area contributed by atoms with Gasteiger partial charge in [0.15, 0.2) is 5.65 Å². The molecule has 7 heteroatoms. The predicted molar refractivity (Wildman–Crippen MR) is 97.7 cm³/mol. The number of rotatable bonds is 2. The first-order valence-corrected chi connectivity index (χ1v) is 8.58. The van der Waals surface area contributed by atoms with E-state index in [2.05, 4.69) is 26.9 Å². The largest absolute Gasteiger partial charge is 0.336 e. The number of likely N-dealkylation sites (N-methyl/N-ethyl adjacent to an activating group) is 1. The number of amides is 1. The zero-order chi connectivity index (χ0) is 17.4. The van der Waals surface area contributed by atoms with Crippen molar-refractivity contribution in [3.63, 3.8) is 0 Å². The Bertz CT molecular complexity index is 913. The quantitative estimate of drug-likeness (QED) is 0.767. The van der Waals surface area contributed by atoms with Gasteiger partial charge in [-0.25, -0.2) is 9.97 Å². The highest BCUT2D eigenvalue weighted by atomic mass is 35.5. The number of pyridine rings is 1. The molecule has 128 valence electrons. The molecular formula is C18H18ClN5O. The SMILES string of the molecule is CN1CCN(C(=O)c2ccc(-c3nc4c(Cl)ccnc4[nH]3)cc2)CC1. The fraction of sp³-hybridized carbons (Fsp3) is 0.278. The van der Waals surface area contributed by atoms with Crippen LogP contribution in [0.15, 0.2) is 36.5 Å². The Morgan fingerprint density at radius 2 is 1.84 bits per heavy atom. The molecule has 3 heterocycles. The Hall–Kier alpha value is -2.44. The van der Waals surface area contributed by atoms with Crippen molar-refractivity contribution in [2.75, 3.05) is 33.2 Å². The lowest BCUT2D eigenvalue weighted by Gasteiger charge is -2.32. The number of carbonyl (C=O) groups is 1. The van der Waals surface area contributed by atoms with Gasteiger partial charge in [-0.3, -0.25) is 4.79 Å². The number of fused-ring (bicyclic) bond motifs is 1. The van der Waals surface area contributed by atoms with Gasteiger partial charge in [0.05, 0.1) is 5.02 Å². The number of carbonyl (C=O) groups excluding carboxylic acids is 1. The van der Waals surface area contributed by atoms with Gasteiger partial charge in [-0.2, -0.15) is 0 Å². The van der Waals surface area contributed by atoms with Crippen LogP contribution in [-0.4, -0.2) is 63.9 Å². The van der Waals surface area contributed by atoms with Crippen molar-refractivity contribution >= 4 is 28.7 Å². The van der Waals surface area contributed by atoms with Crippen LogP contribution in [-0.2, 0) is 0 Å². The molecule has 1 N–H and O–H groups in total. The number of nitrogens with one attached hydrogen (secondary N) is 1. The maximum Gasteiger partial charge on any atom is 0.253 e. The van der Waals surface area contributed by atoms with Crippen molar-refractivity contribution < 1.29 is 4.79 Å². The van der Waals surface area contributed by atoms with Crippen molar-refractivity contribution in [1.82, 2.24) is 24.8 Å². The van der Waals surface area contributed by atoms with Crippen LogP contribution in [0, 0.1) is 0 Å². The average Bonchev–Trinajstić information content (AvgIpc) is 3.08. The first kappa shape index (κ1) is 16.1. The van der Waals surface area contributed by atoms with Gasteiger partial charge in [0, 0.05) is 43.5 Å². The third kappa shape index (κ3) is 3.10. The highest BCUT2D eigenvalue weighted by Crippen LogP contribution is 2.24. The molecule has 25 heavy (non-hydrogen) atoms. The summed E-state index contributed by atoms with van der Waals surface area (Å²) in [6.45, 7) is 3.36. The van der Waals surface area contributed by atoms with E-state index in [9.17, 15) is 4.79 Å². The summed E-state index contributed by atoms with van der Waals surface area (Å²) in [5.41, 5.74) is 2.89. The number of hydrogen-bond acceptors (Lipinski definition) is 4. The van der Waals surface area contributed by atoms with Crippen LogP contribution in [0.25, 0.3) is 22.6 Å². The number of aromatic nitrogens is 3. The maximum absolute atomic E-state index is 12.6. The van der Waals surface area contributed by atoms with Gasteiger partial charge < -0.3 is 14.8 Å². The van der Waals surface area contributed by atoms with E-state index < -0.39 is 0 Å². The molecule has 0 radical (unpaired) electrons. The number of nitrogens with zero attached hydrogens (tertiary/aromatic N) is 4. The third-order valence-corrected chi connectivity index (χ3v) is 4.84. The maximum atomic E-state index is 12.6. The number of benzene rings is 1. The summed E-state index contributed by atoms with van der Waals surface area (Å²) in [7, 11) is 2.07. The van der Waals surface area contributed by atoms with E-state index in [0.29, 0.717) is 27.6 Å². The van der Waals surface area contributed by atoms with E-state index in [-0.39, 0.29) is 5.91 Å². The monoisotopic (exact) mass is 355 g/mol. The zero-order valence-corrected chi connectivity index (χ0v) is 14.6. The summed E-state index contributed by atoms with van der Waals surface area (Å²) in [4.78, 5) is 28.6. The van der Waals surface area contributed by atoms with Crippen LogP contribution < -0.4 is 0 Å².